The number of aromatic hydroxyl groups is 2. The summed E-state index contributed by atoms with van der Waals surface area (Å²) in [5.74, 6) is 1.08. The molecule has 0 amide bonds. The Hall–Kier alpha value is -2.13. The first-order valence-corrected chi connectivity index (χ1v) is 6.59. The Balaban J connectivity index is 2.19. The molecule has 0 bridgehead atoms. The minimum atomic E-state index is 0.159. The van der Waals surface area contributed by atoms with Gasteiger partial charge in [0.15, 0.2) is 0 Å². The highest BCUT2D eigenvalue weighted by molar-refractivity contribution is 6.32. The van der Waals surface area contributed by atoms with E-state index in [1.807, 2.05) is 6.92 Å². The van der Waals surface area contributed by atoms with E-state index in [1.165, 1.54) is 0 Å². The van der Waals surface area contributed by atoms with Crippen molar-refractivity contribution in [2.75, 3.05) is 6.61 Å². The minimum absolute atomic E-state index is 0.159. The van der Waals surface area contributed by atoms with E-state index in [2.05, 4.69) is 0 Å². The summed E-state index contributed by atoms with van der Waals surface area (Å²) < 4.78 is 5.70. The summed E-state index contributed by atoms with van der Waals surface area (Å²) in [5.41, 5.74) is 3.47. The number of hydrogen-bond acceptors (Lipinski definition) is 3. The van der Waals surface area contributed by atoms with Crippen LogP contribution in [0.1, 0.15) is 18.1 Å². The fourth-order valence-electron chi connectivity index (χ4n) is 2.38. The molecule has 20 heavy (non-hydrogen) atoms. The Kier molecular flexibility index (Phi) is 3.07. The summed E-state index contributed by atoms with van der Waals surface area (Å²) >= 11 is 6.20. The molecular formula is C16H13ClO3. The Morgan fingerprint density at radius 3 is 2.40 bits per heavy atom. The zero-order valence-corrected chi connectivity index (χ0v) is 11.6. The second-order valence-corrected chi connectivity index (χ2v) is 5.14. The van der Waals surface area contributed by atoms with E-state index < -0.39 is 0 Å². The number of halogens is 1. The van der Waals surface area contributed by atoms with Gasteiger partial charge in [0, 0.05) is 21.7 Å². The van der Waals surface area contributed by atoms with Gasteiger partial charge in [0.05, 0.1) is 0 Å². The SMILES string of the molecule is CC1=C(c2cc(O)ccc2Cl)COc2ccc(O)cc21. The van der Waals surface area contributed by atoms with Crippen molar-refractivity contribution in [1.82, 2.24) is 0 Å². The van der Waals surface area contributed by atoms with Crippen LogP contribution in [0.2, 0.25) is 5.02 Å². The Morgan fingerprint density at radius 2 is 1.65 bits per heavy atom. The van der Waals surface area contributed by atoms with Gasteiger partial charge >= 0.3 is 0 Å². The van der Waals surface area contributed by atoms with Crippen LogP contribution in [0.4, 0.5) is 0 Å². The molecule has 2 aromatic carbocycles. The maximum atomic E-state index is 9.63. The van der Waals surface area contributed by atoms with Gasteiger partial charge in [-0.2, -0.15) is 0 Å². The molecule has 0 aromatic heterocycles. The zero-order valence-electron chi connectivity index (χ0n) is 10.9. The monoisotopic (exact) mass is 288 g/mol. The molecule has 2 aromatic rings. The van der Waals surface area contributed by atoms with Crippen molar-refractivity contribution >= 4 is 22.7 Å². The van der Waals surface area contributed by atoms with Gasteiger partial charge in [-0.3, -0.25) is 0 Å². The van der Waals surface area contributed by atoms with Crippen LogP contribution in [0, 0.1) is 0 Å². The van der Waals surface area contributed by atoms with Gasteiger partial charge in [-0.05, 0) is 48.9 Å². The minimum Gasteiger partial charge on any atom is -0.508 e. The molecule has 0 saturated carbocycles. The van der Waals surface area contributed by atoms with E-state index >= 15 is 0 Å². The van der Waals surface area contributed by atoms with Crippen molar-refractivity contribution in [2.45, 2.75) is 6.92 Å². The first-order chi connectivity index (χ1) is 9.56. The number of hydrogen-bond donors (Lipinski definition) is 2. The van der Waals surface area contributed by atoms with Crippen LogP contribution in [-0.2, 0) is 0 Å². The van der Waals surface area contributed by atoms with Gasteiger partial charge in [-0.25, -0.2) is 0 Å². The lowest BCUT2D eigenvalue weighted by Crippen LogP contribution is -2.09. The fourth-order valence-corrected chi connectivity index (χ4v) is 2.61. The Morgan fingerprint density at radius 1 is 1.00 bits per heavy atom. The number of rotatable bonds is 1. The molecule has 0 atom stereocenters. The maximum absolute atomic E-state index is 9.63. The van der Waals surface area contributed by atoms with E-state index in [0.717, 1.165) is 28.0 Å². The summed E-state index contributed by atoms with van der Waals surface area (Å²) in [6.45, 7) is 2.34. The quantitative estimate of drug-likeness (QED) is 0.831. The molecule has 3 rings (SSSR count). The van der Waals surface area contributed by atoms with Crippen molar-refractivity contribution in [3.63, 3.8) is 0 Å². The summed E-state index contributed by atoms with van der Waals surface area (Å²) in [4.78, 5) is 0. The molecule has 0 spiro atoms. The molecule has 1 aliphatic heterocycles. The predicted octanol–water partition coefficient (Wildman–Crippen LogP) is 4.07. The first kappa shape index (κ1) is 12.9. The lowest BCUT2D eigenvalue weighted by atomic mass is 9.93. The largest absolute Gasteiger partial charge is 0.508 e. The van der Waals surface area contributed by atoms with E-state index in [-0.39, 0.29) is 11.5 Å². The standard InChI is InChI=1S/C16H13ClO3/c1-9-12-6-11(19)3-5-16(12)20-8-14(9)13-7-10(18)2-4-15(13)17/h2-7,18-19H,8H2,1H3. The van der Waals surface area contributed by atoms with Gasteiger partial charge in [-0.15, -0.1) is 0 Å². The average molecular weight is 289 g/mol. The molecule has 0 saturated heterocycles. The predicted molar refractivity (Wildman–Crippen MR) is 79.2 cm³/mol. The lowest BCUT2D eigenvalue weighted by molar-refractivity contribution is 0.363. The molecule has 4 heteroatoms. The molecule has 3 nitrogen and oxygen atoms in total. The molecule has 102 valence electrons. The molecule has 2 N–H and O–H groups in total. The fraction of sp³-hybridized carbons (Fsp3) is 0.125. The number of fused-ring (bicyclic) bond motifs is 1. The van der Waals surface area contributed by atoms with Crippen LogP contribution in [0.25, 0.3) is 11.1 Å². The molecule has 0 aliphatic carbocycles. The second-order valence-electron chi connectivity index (χ2n) is 4.74. The molecule has 1 heterocycles. The summed E-state index contributed by atoms with van der Waals surface area (Å²) in [5, 5.41) is 19.8. The lowest BCUT2D eigenvalue weighted by Gasteiger charge is -2.23. The summed E-state index contributed by atoms with van der Waals surface area (Å²) in [6.07, 6.45) is 0. The van der Waals surface area contributed by atoms with E-state index in [1.54, 1.807) is 36.4 Å². The average Bonchev–Trinajstić information content (AvgIpc) is 2.43. The van der Waals surface area contributed by atoms with Crippen LogP contribution < -0.4 is 4.74 Å². The highest BCUT2D eigenvalue weighted by Crippen LogP contribution is 2.40. The molecular weight excluding hydrogens is 276 g/mol. The molecule has 0 unspecified atom stereocenters. The first-order valence-electron chi connectivity index (χ1n) is 6.21. The van der Waals surface area contributed by atoms with Gasteiger partial charge in [0.2, 0.25) is 0 Å². The van der Waals surface area contributed by atoms with Crippen LogP contribution in [-0.4, -0.2) is 16.8 Å². The normalized spacial score (nSPS) is 13.9. The second kappa shape index (κ2) is 4.76. The van der Waals surface area contributed by atoms with Gasteiger partial charge in [0.1, 0.15) is 23.9 Å². The third-order valence-electron chi connectivity index (χ3n) is 3.47. The summed E-state index contributed by atoms with van der Waals surface area (Å²) in [6, 6.07) is 9.84. The van der Waals surface area contributed by atoms with E-state index in [0.29, 0.717) is 11.6 Å². The molecule has 0 radical (unpaired) electrons. The van der Waals surface area contributed by atoms with Crippen LogP contribution in [0.15, 0.2) is 36.4 Å². The number of phenolic OH excluding ortho intramolecular Hbond substituents is 2. The van der Waals surface area contributed by atoms with E-state index in [9.17, 15) is 10.2 Å². The number of phenols is 2. The van der Waals surface area contributed by atoms with Gasteiger partial charge < -0.3 is 14.9 Å². The van der Waals surface area contributed by atoms with Crippen LogP contribution in [0.5, 0.6) is 17.2 Å². The highest BCUT2D eigenvalue weighted by atomic mass is 35.5. The van der Waals surface area contributed by atoms with Crippen molar-refractivity contribution in [1.29, 1.82) is 0 Å². The van der Waals surface area contributed by atoms with Gasteiger partial charge in [-0.1, -0.05) is 11.6 Å². The third-order valence-corrected chi connectivity index (χ3v) is 3.80. The van der Waals surface area contributed by atoms with Gasteiger partial charge in [0.25, 0.3) is 0 Å². The third kappa shape index (κ3) is 2.10. The number of ether oxygens (including phenoxy) is 1. The van der Waals surface area contributed by atoms with Crippen molar-refractivity contribution < 1.29 is 14.9 Å². The molecule has 1 aliphatic rings. The number of benzene rings is 2. The van der Waals surface area contributed by atoms with Crippen LogP contribution in [0.3, 0.4) is 0 Å². The van der Waals surface area contributed by atoms with Crippen molar-refractivity contribution in [2.24, 2.45) is 0 Å². The smallest absolute Gasteiger partial charge is 0.127 e. The highest BCUT2D eigenvalue weighted by Gasteiger charge is 2.20. The maximum Gasteiger partial charge on any atom is 0.127 e. The van der Waals surface area contributed by atoms with Crippen molar-refractivity contribution in [3.8, 4) is 17.2 Å². The van der Waals surface area contributed by atoms with Crippen molar-refractivity contribution in [3.05, 3.63) is 52.5 Å². The topological polar surface area (TPSA) is 49.7 Å². The van der Waals surface area contributed by atoms with E-state index in [4.69, 9.17) is 16.3 Å². The molecule has 0 fully saturated rings. The Labute approximate surface area is 121 Å². The zero-order chi connectivity index (χ0) is 14.3. The number of allylic oxidation sites excluding steroid dienone is 1. The Bertz CT molecular complexity index is 720. The summed E-state index contributed by atoms with van der Waals surface area (Å²) in [7, 11) is 0. The van der Waals surface area contributed by atoms with Crippen LogP contribution >= 0.6 is 11.6 Å².